The third-order valence-corrected chi connectivity index (χ3v) is 7.86. The van der Waals surface area contributed by atoms with Gasteiger partial charge in [0.05, 0.1) is 10.6 Å². The van der Waals surface area contributed by atoms with Crippen LogP contribution in [0.1, 0.15) is 30.9 Å². The van der Waals surface area contributed by atoms with E-state index in [-0.39, 0.29) is 4.90 Å². The number of hydrogen-bond donors (Lipinski definition) is 3. The number of nitrogens with one attached hydrogen (secondary N) is 2. The van der Waals surface area contributed by atoms with Crippen molar-refractivity contribution in [1.82, 2.24) is 15.4 Å². The maximum Gasteiger partial charge on any atom is 0.262 e. The van der Waals surface area contributed by atoms with Gasteiger partial charge in [-0.05, 0) is 64.1 Å². The fourth-order valence-corrected chi connectivity index (χ4v) is 5.46. The highest BCUT2D eigenvalue weighted by Crippen LogP contribution is 2.32. The van der Waals surface area contributed by atoms with Gasteiger partial charge in [-0.1, -0.05) is 22.9 Å². The summed E-state index contributed by atoms with van der Waals surface area (Å²) in [5.74, 6) is 1.24. The Kier molecular flexibility index (Phi) is 8.03. The number of nitrogens with zero attached hydrogens (tertiary/aromatic N) is 1. The van der Waals surface area contributed by atoms with E-state index in [9.17, 15) is 18.4 Å². The zero-order valence-electron chi connectivity index (χ0n) is 19.2. The second kappa shape index (κ2) is 10.6. The summed E-state index contributed by atoms with van der Waals surface area (Å²) in [6.45, 7) is 7.13. The molecule has 1 amide bonds. The second-order valence-electron chi connectivity index (χ2n) is 8.24. The molecule has 0 fully saturated rings. The minimum absolute atomic E-state index is 0.0487. The molecular weight excluding hydrogens is 478 g/mol. The van der Waals surface area contributed by atoms with E-state index in [1.54, 1.807) is 32.3 Å². The number of thioether (sulfide) groups is 1. The van der Waals surface area contributed by atoms with Crippen LogP contribution in [0.2, 0.25) is 0 Å². The van der Waals surface area contributed by atoms with Gasteiger partial charge in [-0.15, -0.1) is 11.8 Å². The van der Waals surface area contributed by atoms with Gasteiger partial charge in [-0.3, -0.25) is 10.0 Å². The highest BCUT2D eigenvalue weighted by molar-refractivity contribution is 8.00. The van der Waals surface area contributed by atoms with Crippen LogP contribution in [-0.4, -0.2) is 35.5 Å². The molecule has 9 nitrogen and oxygen atoms in total. The van der Waals surface area contributed by atoms with Gasteiger partial charge in [0.1, 0.15) is 23.3 Å². The van der Waals surface area contributed by atoms with Crippen molar-refractivity contribution >= 4 is 27.7 Å². The first-order valence-electron chi connectivity index (χ1n) is 10.4. The molecule has 11 heteroatoms. The Hall–Kier alpha value is -2.86. The molecule has 3 aromatic rings. The monoisotopic (exact) mass is 505 g/mol. The molecule has 0 aliphatic carbocycles. The first-order valence-corrected chi connectivity index (χ1v) is 12.8. The Morgan fingerprint density at radius 3 is 2.24 bits per heavy atom. The molecule has 182 valence electrons. The lowest BCUT2D eigenvalue weighted by atomic mass is 10.0. The van der Waals surface area contributed by atoms with Crippen molar-refractivity contribution in [3.63, 3.8) is 0 Å². The molecular formula is C23H27N3O6S2. The molecule has 0 aliphatic heterocycles. The zero-order valence-corrected chi connectivity index (χ0v) is 20.9. The third-order valence-electron chi connectivity index (χ3n) is 5.00. The summed E-state index contributed by atoms with van der Waals surface area (Å²) in [6, 6.07) is 13.8. The van der Waals surface area contributed by atoms with E-state index < -0.39 is 26.7 Å². The predicted molar refractivity (Wildman–Crippen MR) is 128 cm³/mol. The molecule has 3 N–H and O–H groups in total. The highest BCUT2D eigenvalue weighted by Gasteiger charge is 2.39. The molecule has 0 spiro atoms. The fourth-order valence-electron chi connectivity index (χ4n) is 3.06. The quantitative estimate of drug-likeness (QED) is 0.279. The predicted octanol–water partition coefficient (Wildman–Crippen LogP) is 3.95. The van der Waals surface area contributed by atoms with Crippen LogP contribution in [-0.2, 0) is 20.6 Å². The zero-order chi connectivity index (χ0) is 24.9. The summed E-state index contributed by atoms with van der Waals surface area (Å²) in [5.41, 5.74) is 3.31. The van der Waals surface area contributed by atoms with Crippen molar-refractivity contribution in [2.45, 2.75) is 49.1 Å². The molecule has 2 aromatic carbocycles. The van der Waals surface area contributed by atoms with Gasteiger partial charge in [-0.2, -0.15) is 4.72 Å². The molecule has 0 saturated heterocycles. The average Bonchev–Trinajstić information content (AvgIpc) is 3.23. The van der Waals surface area contributed by atoms with Crippen molar-refractivity contribution in [1.29, 1.82) is 0 Å². The van der Waals surface area contributed by atoms with Crippen molar-refractivity contribution < 1.29 is 27.7 Å². The summed E-state index contributed by atoms with van der Waals surface area (Å²) < 4.78 is 38.3. The van der Waals surface area contributed by atoms with Gasteiger partial charge in [0, 0.05) is 16.6 Å². The number of sulfonamides is 1. The van der Waals surface area contributed by atoms with E-state index in [2.05, 4.69) is 9.88 Å². The van der Waals surface area contributed by atoms with Crippen LogP contribution in [0, 0.1) is 13.8 Å². The molecule has 1 atom stereocenters. The van der Waals surface area contributed by atoms with Crippen LogP contribution in [0.15, 0.2) is 64.0 Å². The number of ether oxygens (including phenoxy) is 1. The number of carbonyl (C=O) groups excluding carboxylic acids is 1. The smallest absolute Gasteiger partial charge is 0.262 e. The Morgan fingerprint density at radius 1 is 1.12 bits per heavy atom. The number of carbonyl (C=O) groups is 1. The first-order chi connectivity index (χ1) is 16.0. The van der Waals surface area contributed by atoms with E-state index in [0.29, 0.717) is 28.7 Å². The Balaban J connectivity index is 1.74. The number of amides is 1. The summed E-state index contributed by atoms with van der Waals surface area (Å²) in [7, 11) is -4.10. The molecule has 1 heterocycles. The van der Waals surface area contributed by atoms with Crippen molar-refractivity contribution in [2.75, 3.05) is 0 Å². The maximum atomic E-state index is 13.0. The van der Waals surface area contributed by atoms with E-state index in [1.165, 1.54) is 36.0 Å². The molecule has 0 radical (unpaired) electrons. The minimum atomic E-state index is -4.10. The molecule has 34 heavy (non-hydrogen) atoms. The van der Waals surface area contributed by atoms with Crippen LogP contribution >= 0.6 is 11.8 Å². The molecule has 3 rings (SSSR count). The van der Waals surface area contributed by atoms with Gasteiger partial charge in [0.2, 0.25) is 10.0 Å². The topological polar surface area (TPSA) is 131 Å². The SMILES string of the molecule is Cc1ccc(Oc2ccc(S(=O)(=O)N[C@@H](C(=O)NO)C(C)(C)SCc3cc(C)on3)cc2)cc1. The van der Waals surface area contributed by atoms with E-state index >= 15 is 0 Å². The Bertz CT molecular complexity index is 1220. The number of aryl methyl sites for hydroxylation is 2. The van der Waals surface area contributed by atoms with Crippen LogP contribution < -0.4 is 14.9 Å². The van der Waals surface area contributed by atoms with E-state index in [0.717, 1.165) is 5.56 Å². The number of rotatable bonds is 10. The van der Waals surface area contributed by atoms with Crippen LogP contribution in [0.25, 0.3) is 0 Å². The van der Waals surface area contributed by atoms with Crippen LogP contribution in [0.4, 0.5) is 0 Å². The lowest BCUT2D eigenvalue weighted by Gasteiger charge is -2.32. The van der Waals surface area contributed by atoms with E-state index in [4.69, 9.17) is 9.26 Å². The number of aromatic nitrogens is 1. The highest BCUT2D eigenvalue weighted by atomic mass is 32.2. The second-order valence-corrected chi connectivity index (χ2v) is 11.6. The lowest BCUT2D eigenvalue weighted by molar-refractivity contribution is -0.131. The first kappa shape index (κ1) is 25.8. The molecule has 0 bridgehead atoms. The van der Waals surface area contributed by atoms with Gasteiger partial charge in [0.15, 0.2) is 0 Å². The normalized spacial score (nSPS) is 12.9. The number of hydrogen-bond acceptors (Lipinski definition) is 8. The molecule has 0 saturated carbocycles. The molecule has 0 aliphatic rings. The van der Waals surface area contributed by atoms with Crippen molar-refractivity contribution in [3.8, 4) is 11.5 Å². The third kappa shape index (κ3) is 6.60. The van der Waals surface area contributed by atoms with Gasteiger partial charge in [-0.25, -0.2) is 13.9 Å². The molecule has 0 unspecified atom stereocenters. The van der Waals surface area contributed by atoms with E-state index in [1.807, 2.05) is 31.2 Å². The molecule has 1 aromatic heterocycles. The van der Waals surface area contributed by atoms with Crippen LogP contribution in [0.3, 0.4) is 0 Å². The largest absolute Gasteiger partial charge is 0.457 e. The number of benzene rings is 2. The Morgan fingerprint density at radius 2 is 1.71 bits per heavy atom. The van der Waals surface area contributed by atoms with Gasteiger partial charge < -0.3 is 9.26 Å². The standard InChI is InChI=1S/C23H27N3O6S2/c1-15-5-7-18(8-6-15)31-19-9-11-20(12-10-19)34(29,30)26-21(22(27)24-28)23(3,4)33-14-17-13-16(2)32-25-17/h5-13,21,26,28H,14H2,1-4H3,(H,24,27)/t21-/m0/s1. The Labute approximate surface area is 202 Å². The lowest BCUT2D eigenvalue weighted by Crippen LogP contribution is -2.55. The van der Waals surface area contributed by atoms with Crippen molar-refractivity contribution in [3.05, 3.63) is 71.6 Å². The fraction of sp³-hybridized carbons (Fsp3) is 0.304. The minimum Gasteiger partial charge on any atom is -0.457 e. The van der Waals surface area contributed by atoms with Gasteiger partial charge >= 0.3 is 0 Å². The van der Waals surface area contributed by atoms with Crippen LogP contribution in [0.5, 0.6) is 11.5 Å². The summed E-state index contributed by atoms with van der Waals surface area (Å²) >= 11 is 1.30. The summed E-state index contributed by atoms with van der Waals surface area (Å²) in [6.07, 6.45) is 0. The maximum absolute atomic E-state index is 13.0. The average molecular weight is 506 g/mol. The summed E-state index contributed by atoms with van der Waals surface area (Å²) in [4.78, 5) is 12.4. The van der Waals surface area contributed by atoms with Crippen molar-refractivity contribution in [2.24, 2.45) is 0 Å². The number of hydroxylamine groups is 1. The van der Waals surface area contributed by atoms with Gasteiger partial charge in [0.25, 0.3) is 5.91 Å². The summed E-state index contributed by atoms with van der Waals surface area (Å²) in [5, 5.41) is 13.1.